The first-order valence-corrected chi connectivity index (χ1v) is 7.81. The van der Waals surface area contributed by atoms with E-state index in [-0.39, 0.29) is 17.7 Å². The lowest BCUT2D eigenvalue weighted by atomic mass is 10.1. The fourth-order valence-electron chi connectivity index (χ4n) is 2.81. The third-order valence-corrected chi connectivity index (χ3v) is 4.04. The maximum Gasteiger partial charge on any atom is 0.243 e. The molecule has 1 aromatic rings. The highest BCUT2D eigenvalue weighted by Gasteiger charge is 2.35. The fraction of sp³-hybridized carbons (Fsp3) is 0.529. The SMILES string of the molecule is CNC(=O)C1CN(Cc2ccccc2)CCN1C(=O)C(C)C. The molecule has 5 heteroatoms. The Bertz CT molecular complexity index is 516. The minimum Gasteiger partial charge on any atom is -0.357 e. The summed E-state index contributed by atoms with van der Waals surface area (Å²) in [6.45, 7) is 6.52. The third-order valence-electron chi connectivity index (χ3n) is 4.04. The summed E-state index contributed by atoms with van der Waals surface area (Å²) in [6.07, 6.45) is 0. The average Bonchev–Trinajstić information content (AvgIpc) is 2.54. The van der Waals surface area contributed by atoms with Crippen molar-refractivity contribution >= 4 is 11.8 Å². The molecule has 0 saturated carbocycles. The van der Waals surface area contributed by atoms with Crippen LogP contribution in [0.1, 0.15) is 19.4 Å². The van der Waals surface area contributed by atoms with E-state index in [0.717, 1.165) is 13.1 Å². The maximum absolute atomic E-state index is 12.3. The van der Waals surface area contributed by atoms with Crippen molar-refractivity contribution in [3.05, 3.63) is 35.9 Å². The van der Waals surface area contributed by atoms with E-state index < -0.39 is 6.04 Å². The summed E-state index contributed by atoms with van der Waals surface area (Å²) in [5, 5.41) is 2.68. The highest BCUT2D eigenvalue weighted by Crippen LogP contribution is 2.16. The van der Waals surface area contributed by atoms with Gasteiger partial charge < -0.3 is 10.2 Å². The summed E-state index contributed by atoms with van der Waals surface area (Å²) in [5.74, 6) is -0.132. The molecule has 0 aromatic heterocycles. The van der Waals surface area contributed by atoms with Crippen LogP contribution in [0.25, 0.3) is 0 Å². The quantitative estimate of drug-likeness (QED) is 0.906. The van der Waals surface area contributed by atoms with Gasteiger partial charge in [-0.25, -0.2) is 0 Å². The number of nitrogens with one attached hydrogen (secondary N) is 1. The van der Waals surface area contributed by atoms with E-state index in [2.05, 4.69) is 22.3 Å². The Morgan fingerprint density at radius 2 is 1.91 bits per heavy atom. The molecular formula is C17H25N3O2. The Kier molecular flexibility index (Phi) is 5.55. The number of likely N-dealkylation sites (N-methyl/N-ethyl adjacent to an activating group) is 1. The molecule has 1 aromatic carbocycles. The van der Waals surface area contributed by atoms with E-state index in [9.17, 15) is 9.59 Å². The monoisotopic (exact) mass is 303 g/mol. The van der Waals surface area contributed by atoms with Gasteiger partial charge in [0.2, 0.25) is 11.8 Å². The van der Waals surface area contributed by atoms with Crippen molar-refractivity contribution in [1.29, 1.82) is 0 Å². The zero-order valence-corrected chi connectivity index (χ0v) is 13.6. The van der Waals surface area contributed by atoms with E-state index in [0.29, 0.717) is 13.1 Å². The molecular weight excluding hydrogens is 278 g/mol. The molecule has 0 bridgehead atoms. The Hall–Kier alpha value is -1.88. The Balaban J connectivity index is 2.08. The second-order valence-corrected chi connectivity index (χ2v) is 6.04. The Morgan fingerprint density at radius 1 is 1.23 bits per heavy atom. The van der Waals surface area contributed by atoms with Crippen molar-refractivity contribution in [2.24, 2.45) is 5.92 Å². The average molecular weight is 303 g/mol. The van der Waals surface area contributed by atoms with Crippen molar-refractivity contribution in [3.63, 3.8) is 0 Å². The molecule has 1 atom stereocenters. The van der Waals surface area contributed by atoms with Crippen LogP contribution in [0.5, 0.6) is 0 Å². The van der Waals surface area contributed by atoms with Gasteiger partial charge in [0.15, 0.2) is 0 Å². The largest absolute Gasteiger partial charge is 0.357 e. The molecule has 1 N–H and O–H groups in total. The number of nitrogens with zero attached hydrogens (tertiary/aromatic N) is 2. The van der Waals surface area contributed by atoms with Crippen molar-refractivity contribution in [2.75, 3.05) is 26.7 Å². The van der Waals surface area contributed by atoms with Crippen LogP contribution in [0.3, 0.4) is 0 Å². The van der Waals surface area contributed by atoms with Gasteiger partial charge in [0, 0.05) is 39.1 Å². The predicted octanol–water partition coefficient (Wildman–Crippen LogP) is 1.10. The molecule has 22 heavy (non-hydrogen) atoms. The highest BCUT2D eigenvalue weighted by atomic mass is 16.2. The lowest BCUT2D eigenvalue weighted by molar-refractivity contribution is -0.146. The van der Waals surface area contributed by atoms with Crippen molar-refractivity contribution in [3.8, 4) is 0 Å². The van der Waals surface area contributed by atoms with Crippen LogP contribution in [0.2, 0.25) is 0 Å². The van der Waals surface area contributed by atoms with Gasteiger partial charge in [0.1, 0.15) is 6.04 Å². The van der Waals surface area contributed by atoms with Crippen molar-refractivity contribution < 1.29 is 9.59 Å². The summed E-state index contributed by atoms with van der Waals surface area (Å²) < 4.78 is 0. The number of rotatable bonds is 4. The topological polar surface area (TPSA) is 52.7 Å². The van der Waals surface area contributed by atoms with Gasteiger partial charge in [-0.2, -0.15) is 0 Å². The molecule has 1 heterocycles. The third kappa shape index (κ3) is 3.85. The van der Waals surface area contributed by atoms with E-state index in [4.69, 9.17) is 0 Å². The molecule has 1 unspecified atom stereocenters. The molecule has 1 saturated heterocycles. The maximum atomic E-state index is 12.3. The standard InChI is InChI=1S/C17H25N3O2/c1-13(2)17(22)20-10-9-19(12-15(20)16(21)18-3)11-14-7-5-4-6-8-14/h4-8,13,15H,9-12H2,1-3H3,(H,18,21). The number of hydrogen-bond donors (Lipinski definition) is 1. The van der Waals surface area contributed by atoms with Crippen LogP contribution in [-0.2, 0) is 16.1 Å². The van der Waals surface area contributed by atoms with Gasteiger partial charge in [0.25, 0.3) is 0 Å². The molecule has 1 aliphatic heterocycles. The summed E-state index contributed by atoms with van der Waals surface area (Å²) >= 11 is 0. The van der Waals surface area contributed by atoms with Crippen LogP contribution in [0.4, 0.5) is 0 Å². The number of carbonyl (C=O) groups is 2. The van der Waals surface area contributed by atoms with Crippen molar-refractivity contribution in [1.82, 2.24) is 15.1 Å². The van der Waals surface area contributed by atoms with E-state index in [1.165, 1.54) is 5.56 Å². The van der Waals surface area contributed by atoms with Gasteiger partial charge in [0.05, 0.1) is 0 Å². The lowest BCUT2D eigenvalue weighted by Gasteiger charge is -2.41. The van der Waals surface area contributed by atoms with Crippen LogP contribution in [0.15, 0.2) is 30.3 Å². The van der Waals surface area contributed by atoms with Crippen molar-refractivity contribution in [2.45, 2.75) is 26.4 Å². The minimum atomic E-state index is -0.405. The van der Waals surface area contributed by atoms with Crippen LogP contribution in [0, 0.1) is 5.92 Å². The van der Waals surface area contributed by atoms with E-state index in [1.807, 2.05) is 32.0 Å². The molecule has 0 aliphatic carbocycles. The molecule has 2 rings (SSSR count). The van der Waals surface area contributed by atoms with Gasteiger partial charge in [-0.1, -0.05) is 44.2 Å². The molecule has 0 spiro atoms. The minimum absolute atomic E-state index is 0.0490. The Labute approximate surface area is 132 Å². The molecule has 0 radical (unpaired) electrons. The summed E-state index contributed by atoms with van der Waals surface area (Å²) in [6, 6.07) is 9.79. The molecule has 2 amide bonds. The molecule has 1 fully saturated rings. The normalized spacial score (nSPS) is 19.3. The second-order valence-electron chi connectivity index (χ2n) is 6.04. The van der Waals surface area contributed by atoms with Crippen LogP contribution in [-0.4, -0.2) is 54.3 Å². The zero-order chi connectivity index (χ0) is 16.1. The smallest absolute Gasteiger partial charge is 0.243 e. The highest BCUT2D eigenvalue weighted by molar-refractivity contribution is 5.88. The van der Waals surface area contributed by atoms with Crippen LogP contribution < -0.4 is 5.32 Å². The number of benzene rings is 1. The molecule has 120 valence electrons. The zero-order valence-electron chi connectivity index (χ0n) is 13.6. The van der Waals surface area contributed by atoms with E-state index in [1.54, 1.807) is 11.9 Å². The van der Waals surface area contributed by atoms with Gasteiger partial charge in [-0.3, -0.25) is 14.5 Å². The number of amides is 2. The summed E-state index contributed by atoms with van der Waals surface area (Å²) in [7, 11) is 1.62. The first-order valence-electron chi connectivity index (χ1n) is 7.81. The van der Waals surface area contributed by atoms with Crippen LogP contribution >= 0.6 is 0 Å². The number of carbonyl (C=O) groups excluding carboxylic acids is 2. The Morgan fingerprint density at radius 3 is 2.50 bits per heavy atom. The van der Waals surface area contributed by atoms with Gasteiger partial charge >= 0.3 is 0 Å². The number of hydrogen-bond acceptors (Lipinski definition) is 3. The fourth-order valence-corrected chi connectivity index (χ4v) is 2.81. The second kappa shape index (κ2) is 7.40. The summed E-state index contributed by atoms with van der Waals surface area (Å²) in [4.78, 5) is 28.5. The lowest BCUT2D eigenvalue weighted by Crippen LogP contribution is -2.60. The van der Waals surface area contributed by atoms with E-state index >= 15 is 0 Å². The molecule has 1 aliphatic rings. The van der Waals surface area contributed by atoms with Gasteiger partial charge in [-0.05, 0) is 5.56 Å². The molecule has 5 nitrogen and oxygen atoms in total. The number of piperazine rings is 1. The summed E-state index contributed by atoms with van der Waals surface area (Å²) in [5.41, 5.74) is 1.22. The predicted molar refractivity (Wildman–Crippen MR) is 86.1 cm³/mol. The van der Waals surface area contributed by atoms with Gasteiger partial charge in [-0.15, -0.1) is 0 Å². The first kappa shape index (κ1) is 16.5. The first-order chi connectivity index (χ1) is 10.5.